The predicted molar refractivity (Wildman–Crippen MR) is 288 cm³/mol. The Morgan fingerprint density at radius 2 is 0.782 bits per heavy atom. The average molecular weight is 1120 g/mol. The third kappa shape index (κ3) is 25.9. The van der Waals surface area contributed by atoms with E-state index in [1.54, 1.807) is 69.2 Å². The molecule has 0 saturated carbocycles. The van der Waals surface area contributed by atoms with Gasteiger partial charge in [-0.1, -0.05) is 75.7 Å². The number of rotatable bonds is 36. The van der Waals surface area contributed by atoms with Crippen molar-refractivity contribution >= 4 is 65.1 Å². The van der Waals surface area contributed by atoms with Crippen molar-refractivity contribution < 1.29 is 73.5 Å². The molecule has 78 heavy (non-hydrogen) atoms. The first kappa shape index (κ1) is 71.8. The lowest BCUT2D eigenvalue weighted by Gasteiger charge is -2.30. The lowest BCUT2D eigenvalue weighted by Crippen LogP contribution is -2.63. The summed E-state index contributed by atoms with van der Waals surface area (Å²) >= 11 is 0. The summed E-state index contributed by atoms with van der Waals surface area (Å²) in [6.07, 6.45) is -3.84. The van der Waals surface area contributed by atoms with E-state index in [1.807, 2.05) is 0 Å². The summed E-state index contributed by atoms with van der Waals surface area (Å²) in [5.74, 6) is -11.9. The van der Waals surface area contributed by atoms with Gasteiger partial charge in [0.05, 0.1) is 24.9 Å². The number of carboxylic acid groups (broad SMARTS) is 1. The second-order valence-corrected chi connectivity index (χ2v) is 21.5. The number of nitrogens with two attached hydrogens (primary N) is 3. The highest BCUT2D eigenvalue weighted by Crippen LogP contribution is 2.14. The second-order valence-electron chi connectivity index (χ2n) is 21.5. The molecule has 448 valence electrons. The fourth-order valence-electron chi connectivity index (χ4n) is 7.66. The zero-order chi connectivity index (χ0) is 60.5. The Labute approximate surface area is 457 Å². The third-order valence-electron chi connectivity index (χ3n) is 12.4. The van der Waals surface area contributed by atoms with E-state index >= 15 is 0 Å². The van der Waals surface area contributed by atoms with Crippen LogP contribution in [0, 0.1) is 29.6 Å². The first-order chi connectivity index (χ1) is 36.1. The van der Waals surface area contributed by atoms with Crippen LogP contribution in [0.25, 0.3) is 0 Å². The van der Waals surface area contributed by atoms with Gasteiger partial charge in [0.2, 0.25) is 53.2 Å². The Morgan fingerprint density at radius 3 is 1.15 bits per heavy atom. The number of aliphatic hydroxyl groups excluding tert-OH is 4. The van der Waals surface area contributed by atoms with Crippen LogP contribution in [-0.2, 0) is 47.9 Å². The molecule has 0 saturated heterocycles. The molecule has 0 aliphatic carbocycles. The summed E-state index contributed by atoms with van der Waals surface area (Å²) in [7, 11) is 0. The van der Waals surface area contributed by atoms with Gasteiger partial charge in [-0.3, -0.25) is 48.1 Å². The molecule has 0 bridgehead atoms. The van der Waals surface area contributed by atoms with Crippen LogP contribution in [0.15, 0.2) is 4.99 Å². The number of carboxylic acids is 1. The molecular formula is C50H93N13O15. The number of aliphatic imine (C=N–C) groups is 1. The van der Waals surface area contributed by atoms with E-state index in [-0.39, 0.29) is 62.4 Å². The summed E-state index contributed by atoms with van der Waals surface area (Å²) in [4.78, 5) is 139. The van der Waals surface area contributed by atoms with Crippen molar-refractivity contribution in [3.8, 4) is 0 Å². The maximum Gasteiger partial charge on any atom is 0.326 e. The Hall–Kier alpha value is -6.23. The third-order valence-corrected chi connectivity index (χ3v) is 12.4. The molecule has 0 aliphatic rings. The molecule has 0 radical (unpaired) electrons. The molecule has 0 unspecified atom stereocenters. The maximum atomic E-state index is 14.1. The largest absolute Gasteiger partial charge is 0.480 e. The zero-order valence-electron chi connectivity index (χ0n) is 47.5. The Kier molecular flexibility index (Phi) is 32.5. The lowest BCUT2D eigenvalue weighted by atomic mass is 9.98. The van der Waals surface area contributed by atoms with Crippen molar-refractivity contribution in [1.82, 2.24) is 47.9 Å². The summed E-state index contributed by atoms with van der Waals surface area (Å²) < 4.78 is 0. The lowest BCUT2D eigenvalue weighted by molar-refractivity contribution is -0.144. The monoisotopic (exact) mass is 1120 g/mol. The van der Waals surface area contributed by atoms with E-state index in [2.05, 4.69) is 52.8 Å². The molecule has 9 amide bonds. The minimum atomic E-state index is -1.74. The number of nitrogens with zero attached hydrogens (tertiary/aromatic N) is 1. The molecule has 0 fully saturated rings. The summed E-state index contributed by atoms with van der Waals surface area (Å²) in [6, 6.07) is -14.6. The molecule has 0 rings (SSSR count). The molecule has 0 aromatic heterocycles. The van der Waals surface area contributed by atoms with Gasteiger partial charge >= 0.3 is 5.97 Å². The minimum Gasteiger partial charge on any atom is -0.480 e. The molecule has 0 aromatic carbocycles. The Balaban J connectivity index is 6.55. The zero-order valence-corrected chi connectivity index (χ0v) is 47.5. The van der Waals surface area contributed by atoms with E-state index in [0.29, 0.717) is 6.42 Å². The fraction of sp³-hybridized carbons (Fsp3) is 0.780. The number of hydrogen-bond donors (Lipinski definition) is 17. The molecule has 0 aromatic rings. The van der Waals surface area contributed by atoms with Crippen LogP contribution in [-0.4, -0.2) is 183 Å². The Morgan fingerprint density at radius 1 is 0.449 bits per heavy atom. The number of guanidine groups is 1. The number of nitrogens with one attached hydrogen (secondary N) is 9. The van der Waals surface area contributed by atoms with Crippen molar-refractivity contribution in [1.29, 1.82) is 0 Å². The molecular weight excluding hydrogens is 1020 g/mol. The molecule has 20 N–H and O–H groups in total. The average Bonchev–Trinajstić information content (AvgIpc) is 3.32. The Bertz CT molecular complexity index is 2020. The van der Waals surface area contributed by atoms with E-state index in [0.717, 1.165) is 6.92 Å². The van der Waals surface area contributed by atoms with Gasteiger partial charge < -0.3 is 90.6 Å². The van der Waals surface area contributed by atoms with Crippen LogP contribution >= 0.6 is 0 Å². The molecule has 0 heterocycles. The van der Waals surface area contributed by atoms with Gasteiger partial charge in [-0.15, -0.1) is 0 Å². The predicted octanol–water partition coefficient (Wildman–Crippen LogP) is -4.21. The minimum absolute atomic E-state index is 0.00862. The number of aliphatic hydroxyl groups is 4. The fourth-order valence-corrected chi connectivity index (χ4v) is 7.66. The summed E-state index contributed by atoms with van der Waals surface area (Å²) in [6.45, 7) is 19.7. The number of aliphatic carboxylic acids is 1. The van der Waals surface area contributed by atoms with E-state index in [9.17, 15) is 73.5 Å². The summed E-state index contributed by atoms with van der Waals surface area (Å²) in [5.41, 5.74) is 16.6. The van der Waals surface area contributed by atoms with E-state index < -0.39 is 156 Å². The van der Waals surface area contributed by atoms with Crippen molar-refractivity contribution in [3.05, 3.63) is 0 Å². The number of amides is 9. The first-order valence-electron chi connectivity index (χ1n) is 26.5. The van der Waals surface area contributed by atoms with Gasteiger partial charge in [0, 0.05) is 6.54 Å². The molecule has 0 spiro atoms. The van der Waals surface area contributed by atoms with Crippen LogP contribution in [0.5, 0.6) is 0 Å². The topological polar surface area (TPSA) is 471 Å². The van der Waals surface area contributed by atoms with Crippen LogP contribution in [0.2, 0.25) is 0 Å². The number of carbonyl (C=O) groups excluding carboxylic acids is 9. The van der Waals surface area contributed by atoms with Crippen molar-refractivity contribution in [2.45, 2.75) is 207 Å². The van der Waals surface area contributed by atoms with Crippen LogP contribution in [0.4, 0.5) is 0 Å². The van der Waals surface area contributed by atoms with Gasteiger partial charge in [-0.05, 0) is 82.5 Å². The van der Waals surface area contributed by atoms with Crippen molar-refractivity contribution in [3.63, 3.8) is 0 Å². The first-order valence-corrected chi connectivity index (χ1v) is 26.5. The highest BCUT2D eigenvalue weighted by Gasteiger charge is 2.38. The molecule has 28 nitrogen and oxygen atoms in total. The van der Waals surface area contributed by atoms with Gasteiger partial charge in [0.15, 0.2) is 5.96 Å². The maximum absolute atomic E-state index is 14.1. The SMILES string of the molecule is CC[C@H](C)[C@H](NC(=O)[C@@H](NC(=O)[C@H](CO)NC(=O)[C@H](CC(C)C)NC(=O)[C@H](CC(C)C)NC(=O)[C@@H](NC(=O)[C@@H](NC(=O)[C@H](CC(C)C)NC(=O)[C@H](CCCN=C(N)N)NC(=O)[C@@H](N)[C@@H](C)O)C(C)C)[C@@H](C)O)[C@@H](C)O)C(=O)O. The second kappa shape index (κ2) is 35.3. The van der Waals surface area contributed by atoms with E-state index in [4.69, 9.17) is 17.2 Å². The van der Waals surface area contributed by atoms with E-state index in [1.165, 1.54) is 13.8 Å². The standard InChI is InChI=1S/C50H93N13O15/c1-14-26(10)37(49(77)78)61-48(76)39(29(13)67)62-44(72)34(21-64)59-42(70)31(18-22(2)3)57-41(69)32(19-23(4)5)58-47(75)38(28(12)66)63-46(74)36(25(8)9)60-43(71)33(20-24(6)7)56-40(68)30(16-15-17-54-50(52)53)55-45(73)35(51)27(11)65/h22-39,64-67H,14-21,51H2,1-13H3,(H,55,73)(H,56,68)(H,57,69)(H,58,75)(H,59,70)(H,60,71)(H,61,76)(H,62,72)(H,63,74)(H,77,78)(H4,52,53,54)/t26-,27+,28+,29+,30-,31-,32-,33-,34-,35-,36-,37-,38-,39-/m0/s1. The number of hydrogen-bond acceptors (Lipinski definition) is 16. The van der Waals surface area contributed by atoms with Crippen molar-refractivity contribution in [2.24, 2.45) is 51.8 Å². The van der Waals surface area contributed by atoms with Gasteiger partial charge in [0.25, 0.3) is 0 Å². The smallest absolute Gasteiger partial charge is 0.326 e. The van der Waals surface area contributed by atoms with Crippen molar-refractivity contribution in [2.75, 3.05) is 13.2 Å². The summed E-state index contributed by atoms with van der Waals surface area (Å²) in [5, 5.41) is 73.2. The molecule has 0 aliphatic heterocycles. The molecule has 14 atom stereocenters. The van der Waals surface area contributed by atoms with Gasteiger partial charge in [0.1, 0.15) is 60.4 Å². The highest BCUT2D eigenvalue weighted by molar-refractivity contribution is 5.99. The van der Waals surface area contributed by atoms with Gasteiger partial charge in [-0.25, -0.2) is 4.79 Å². The highest BCUT2D eigenvalue weighted by atomic mass is 16.4. The normalized spacial score (nSPS) is 16.9. The quantitative estimate of drug-likeness (QED) is 0.0161. The van der Waals surface area contributed by atoms with Gasteiger partial charge in [-0.2, -0.15) is 0 Å². The van der Waals surface area contributed by atoms with Crippen LogP contribution in [0.1, 0.15) is 129 Å². The number of carbonyl (C=O) groups is 10. The van der Waals surface area contributed by atoms with Crippen LogP contribution < -0.4 is 65.1 Å². The molecule has 28 heteroatoms. The van der Waals surface area contributed by atoms with Crippen LogP contribution in [0.3, 0.4) is 0 Å².